The normalized spacial score (nSPS) is 12.0. The van der Waals surface area contributed by atoms with Gasteiger partial charge in [0.15, 0.2) is 11.4 Å². The van der Waals surface area contributed by atoms with Crippen LogP contribution < -0.4 is 21.2 Å². The van der Waals surface area contributed by atoms with Crippen LogP contribution in [0.3, 0.4) is 0 Å². The third-order valence-electron chi connectivity index (χ3n) is 4.03. The van der Waals surface area contributed by atoms with Crippen LogP contribution in [0.15, 0.2) is 27.8 Å². The van der Waals surface area contributed by atoms with Gasteiger partial charge in [-0.2, -0.15) is 0 Å². The molecule has 0 radical (unpaired) electrons. The van der Waals surface area contributed by atoms with Gasteiger partial charge in [0.1, 0.15) is 0 Å². The summed E-state index contributed by atoms with van der Waals surface area (Å²) in [5.74, 6) is -0.133. The van der Waals surface area contributed by atoms with Gasteiger partial charge >= 0.3 is 5.56 Å². The van der Waals surface area contributed by atoms with Crippen molar-refractivity contribution in [3.8, 4) is 11.5 Å². The first-order chi connectivity index (χ1) is 11.3. The van der Waals surface area contributed by atoms with Gasteiger partial charge in [0.25, 0.3) is 11.5 Å². The highest BCUT2D eigenvalue weighted by atomic mass is 16.5. The minimum Gasteiger partial charge on any atom is -0.446 e. The summed E-state index contributed by atoms with van der Waals surface area (Å²) < 4.78 is 6.73. The summed E-state index contributed by atoms with van der Waals surface area (Å²) in [6.07, 6.45) is 0. The molecule has 0 aliphatic carbocycles. The number of H-pyrrole nitrogens is 1. The zero-order valence-corrected chi connectivity index (χ0v) is 13.8. The molecule has 0 saturated heterocycles. The van der Waals surface area contributed by atoms with Gasteiger partial charge in [0.05, 0.1) is 11.3 Å². The quantitative estimate of drug-likeness (QED) is 0.740. The van der Waals surface area contributed by atoms with Crippen LogP contribution in [0.4, 0.5) is 11.4 Å². The molecule has 1 aliphatic rings. The molecule has 0 fully saturated rings. The molecule has 0 atom stereocenters. The number of ether oxygens (including phenoxy) is 1. The van der Waals surface area contributed by atoms with Crippen LogP contribution in [0.1, 0.15) is 24.2 Å². The Balaban J connectivity index is 2.13. The Morgan fingerprint density at radius 2 is 1.96 bits per heavy atom. The Bertz CT molecular complexity index is 942. The van der Waals surface area contributed by atoms with Gasteiger partial charge in [-0.15, -0.1) is 0 Å². The molecule has 3 rings (SSSR count). The average Bonchev–Trinajstić information content (AvgIpc) is 2.56. The molecule has 2 N–H and O–H groups in total. The van der Waals surface area contributed by atoms with Crippen molar-refractivity contribution in [1.82, 2.24) is 14.7 Å². The predicted molar refractivity (Wildman–Crippen MR) is 89.3 cm³/mol. The van der Waals surface area contributed by atoms with E-state index in [2.05, 4.69) is 10.4 Å². The lowest BCUT2D eigenvalue weighted by atomic mass is 10.1. The number of carbonyl (C=O) groups is 1. The second kappa shape index (κ2) is 5.55. The minimum absolute atomic E-state index is 0.00730. The molecule has 0 bridgehead atoms. The molecule has 0 unspecified atom stereocenters. The van der Waals surface area contributed by atoms with E-state index < -0.39 is 11.1 Å². The van der Waals surface area contributed by atoms with E-state index in [1.807, 2.05) is 13.8 Å². The number of anilines is 2. The van der Waals surface area contributed by atoms with Crippen molar-refractivity contribution in [2.45, 2.75) is 19.9 Å². The predicted octanol–water partition coefficient (Wildman–Crippen LogP) is 1.40. The van der Waals surface area contributed by atoms with E-state index in [4.69, 9.17) is 4.74 Å². The SMILES string of the molecule is CC(C)N(C)C(=O)c1cccc2c1Oc1c(c(=O)n(C)[nH]c1=O)N2. The zero-order chi connectivity index (χ0) is 17.6. The molecule has 1 amide bonds. The highest BCUT2D eigenvalue weighted by Gasteiger charge is 2.28. The fraction of sp³-hybridized carbons (Fsp3) is 0.312. The largest absolute Gasteiger partial charge is 0.446 e. The molecular formula is C16H18N4O4. The highest BCUT2D eigenvalue weighted by Crippen LogP contribution is 2.40. The van der Waals surface area contributed by atoms with Gasteiger partial charge in [0.2, 0.25) is 5.75 Å². The maximum Gasteiger partial charge on any atom is 0.308 e. The number of rotatable bonds is 2. The Morgan fingerprint density at radius 1 is 1.25 bits per heavy atom. The van der Waals surface area contributed by atoms with Gasteiger partial charge < -0.3 is 15.0 Å². The Hall–Kier alpha value is -3.03. The number of nitrogens with one attached hydrogen (secondary N) is 2. The maximum atomic E-state index is 12.6. The fourth-order valence-electron chi connectivity index (χ4n) is 2.41. The minimum atomic E-state index is -0.551. The Labute approximate surface area is 137 Å². The second-order valence-corrected chi connectivity index (χ2v) is 5.93. The van der Waals surface area contributed by atoms with E-state index >= 15 is 0 Å². The summed E-state index contributed by atoms with van der Waals surface area (Å²) in [5.41, 5.74) is -0.137. The number of carbonyl (C=O) groups excluding carboxylic acids is 1. The second-order valence-electron chi connectivity index (χ2n) is 5.93. The summed E-state index contributed by atoms with van der Waals surface area (Å²) in [7, 11) is 3.14. The van der Waals surface area contributed by atoms with E-state index in [0.717, 1.165) is 4.68 Å². The van der Waals surface area contributed by atoms with Crippen molar-refractivity contribution in [3.63, 3.8) is 0 Å². The van der Waals surface area contributed by atoms with Crippen molar-refractivity contribution in [2.24, 2.45) is 7.05 Å². The number of para-hydroxylation sites is 1. The lowest BCUT2D eigenvalue weighted by Crippen LogP contribution is -2.34. The third-order valence-corrected chi connectivity index (χ3v) is 4.03. The first-order valence-corrected chi connectivity index (χ1v) is 7.49. The first-order valence-electron chi connectivity index (χ1n) is 7.49. The van der Waals surface area contributed by atoms with Crippen LogP contribution >= 0.6 is 0 Å². The number of aromatic amines is 1. The topological polar surface area (TPSA) is 96.4 Å². The number of hydrogen-bond donors (Lipinski definition) is 2. The average molecular weight is 330 g/mol. The molecule has 8 heteroatoms. The summed E-state index contributed by atoms with van der Waals surface area (Å²) in [6, 6.07) is 5.01. The van der Waals surface area contributed by atoms with Crippen molar-refractivity contribution < 1.29 is 9.53 Å². The van der Waals surface area contributed by atoms with E-state index in [-0.39, 0.29) is 29.1 Å². The number of fused-ring (bicyclic) bond motifs is 2. The van der Waals surface area contributed by atoms with E-state index in [0.29, 0.717) is 11.3 Å². The molecule has 1 aliphatic heterocycles. The molecule has 24 heavy (non-hydrogen) atoms. The Morgan fingerprint density at radius 3 is 2.62 bits per heavy atom. The fourth-order valence-corrected chi connectivity index (χ4v) is 2.41. The summed E-state index contributed by atoms with van der Waals surface area (Å²) in [5, 5.41) is 5.28. The van der Waals surface area contributed by atoms with E-state index in [1.165, 1.54) is 7.05 Å². The summed E-state index contributed by atoms with van der Waals surface area (Å²) in [6.45, 7) is 3.80. The number of benzene rings is 1. The van der Waals surface area contributed by atoms with Crippen LogP contribution in [-0.4, -0.2) is 33.7 Å². The van der Waals surface area contributed by atoms with Crippen molar-refractivity contribution >= 4 is 17.3 Å². The van der Waals surface area contributed by atoms with Crippen molar-refractivity contribution in [1.29, 1.82) is 0 Å². The summed E-state index contributed by atoms with van der Waals surface area (Å²) >= 11 is 0. The van der Waals surface area contributed by atoms with Crippen molar-refractivity contribution in [3.05, 3.63) is 44.5 Å². The highest BCUT2D eigenvalue weighted by molar-refractivity contribution is 6.00. The number of hydrogen-bond acceptors (Lipinski definition) is 5. The van der Waals surface area contributed by atoms with Crippen molar-refractivity contribution in [2.75, 3.05) is 12.4 Å². The lowest BCUT2D eigenvalue weighted by molar-refractivity contribution is 0.0752. The molecule has 1 aromatic carbocycles. The number of amides is 1. The Kier molecular flexibility index (Phi) is 3.67. The third kappa shape index (κ3) is 2.36. The molecule has 0 spiro atoms. The van der Waals surface area contributed by atoms with Gasteiger partial charge in [0, 0.05) is 20.1 Å². The maximum absolute atomic E-state index is 12.6. The van der Waals surface area contributed by atoms with Crippen LogP contribution in [-0.2, 0) is 7.05 Å². The molecule has 0 saturated carbocycles. The molecular weight excluding hydrogens is 312 g/mol. The van der Waals surface area contributed by atoms with E-state index in [9.17, 15) is 14.4 Å². The van der Waals surface area contributed by atoms with Crippen LogP contribution in [0.5, 0.6) is 11.5 Å². The van der Waals surface area contributed by atoms with Crippen LogP contribution in [0.2, 0.25) is 0 Å². The molecule has 1 aromatic heterocycles. The molecule has 8 nitrogen and oxygen atoms in total. The van der Waals surface area contributed by atoms with Crippen LogP contribution in [0.25, 0.3) is 0 Å². The first kappa shape index (κ1) is 15.9. The van der Waals surface area contributed by atoms with Crippen LogP contribution in [0, 0.1) is 0 Å². The molecule has 2 aromatic rings. The smallest absolute Gasteiger partial charge is 0.308 e. The van der Waals surface area contributed by atoms with Gasteiger partial charge in [-0.25, -0.2) is 0 Å². The number of aryl methyl sites for hydroxylation is 1. The standard InChI is InChI=1S/C16H18N4O4/c1-8(2)19(3)15(22)9-6-5-7-10-12(9)24-13-11(17-10)16(23)20(4)18-14(13)21/h5-8,17H,1-4H3,(H,18,21). The molecule has 2 heterocycles. The molecule has 126 valence electrons. The van der Waals surface area contributed by atoms with Gasteiger partial charge in [-0.3, -0.25) is 24.2 Å². The number of aromatic nitrogens is 2. The monoisotopic (exact) mass is 330 g/mol. The van der Waals surface area contributed by atoms with Gasteiger partial charge in [-0.1, -0.05) is 6.07 Å². The summed E-state index contributed by atoms with van der Waals surface area (Å²) in [4.78, 5) is 38.5. The zero-order valence-electron chi connectivity index (χ0n) is 13.8. The lowest BCUT2D eigenvalue weighted by Gasteiger charge is -2.26. The van der Waals surface area contributed by atoms with Gasteiger partial charge in [-0.05, 0) is 26.0 Å². The number of nitrogens with zero attached hydrogens (tertiary/aromatic N) is 2. The van der Waals surface area contributed by atoms with E-state index in [1.54, 1.807) is 30.1 Å².